The van der Waals surface area contributed by atoms with Crippen molar-refractivity contribution < 1.29 is 5.11 Å². The predicted octanol–water partition coefficient (Wildman–Crippen LogP) is 0.308. The van der Waals surface area contributed by atoms with Crippen LogP contribution in [0, 0.1) is 5.92 Å². The topological polar surface area (TPSA) is 64.1 Å². The summed E-state index contributed by atoms with van der Waals surface area (Å²) in [4.78, 5) is 4.18. The summed E-state index contributed by atoms with van der Waals surface area (Å²) in [6, 6.07) is 0. The summed E-state index contributed by atoms with van der Waals surface area (Å²) in [7, 11) is 1.92. The zero-order valence-electron chi connectivity index (χ0n) is 9.07. The SMILES string of the molecule is CC(C)C(O)(CN)Cc1nccn1C. The van der Waals surface area contributed by atoms with Crippen LogP contribution in [0.1, 0.15) is 19.7 Å². The Bertz CT molecular complexity index is 295. The second-order valence-corrected chi connectivity index (χ2v) is 4.09. The predicted molar refractivity (Wildman–Crippen MR) is 55.8 cm³/mol. The van der Waals surface area contributed by atoms with Gasteiger partial charge in [0.2, 0.25) is 0 Å². The van der Waals surface area contributed by atoms with E-state index in [0.29, 0.717) is 6.42 Å². The highest BCUT2D eigenvalue weighted by atomic mass is 16.3. The molecule has 0 radical (unpaired) electrons. The zero-order valence-corrected chi connectivity index (χ0v) is 9.07. The smallest absolute Gasteiger partial charge is 0.111 e. The highest BCUT2D eigenvalue weighted by Crippen LogP contribution is 2.20. The standard InChI is InChI=1S/C10H19N3O/c1-8(2)10(14,7-11)6-9-12-4-5-13(9)3/h4-5,8,14H,6-7,11H2,1-3H3. The first-order valence-corrected chi connectivity index (χ1v) is 4.88. The molecule has 0 aromatic carbocycles. The highest BCUT2D eigenvalue weighted by molar-refractivity contribution is 4.99. The molecule has 0 saturated heterocycles. The molecule has 3 N–H and O–H groups in total. The van der Waals surface area contributed by atoms with Gasteiger partial charge in [0.05, 0.1) is 5.60 Å². The van der Waals surface area contributed by atoms with Gasteiger partial charge in [-0.3, -0.25) is 0 Å². The van der Waals surface area contributed by atoms with Crippen LogP contribution >= 0.6 is 0 Å². The van der Waals surface area contributed by atoms with Crippen molar-refractivity contribution >= 4 is 0 Å². The summed E-state index contributed by atoms with van der Waals surface area (Å²) in [6.45, 7) is 4.20. The fourth-order valence-electron chi connectivity index (χ4n) is 1.35. The normalized spacial score (nSPS) is 15.9. The van der Waals surface area contributed by atoms with Gasteiger partial charge in [-0.2, -0.15) is 0 Å². The van der Waals surface area contributed by atoms with Crippen LogP contribution in [0.2, 0.25) is 0 Å². The van der Waals surface area contributed by atoms with Gasteiger partial charge in [-0.25, -0.2) is 4.98 Å². The van der Waals surface area contributed by atoms with Crippen LogP contribution in [0.3, 0.4) is 0 Å². The van der Waals surface area contributed by atoms with Crippen molar-refractivity contribution in [3.63, 3.8) is 0 Å². The summed E-state index contributed by atoms with van der Waals surface area (Å²) < 4.78 is 1.91. The monoisotopic (exact) mass is 197 g/mol. The minimum Gasteiger partial charge on any atom is -0.388 e. The molecule has 1 atom stereocenters. The third-order valence-corrected chi connectivity index (χ3v) is 2.81. The average molecular weight is 197 g/mol. The quantitative estimate of drug-likeness (QED) is 0.730. The molecule has 0 fully saturated rings. The lowest BCUT2D eigenvalue weighted by Gasteiger charge is -2.30. The minimum atomic E-state index is -0.848. The second-order valence-electron chi connectivity index (χ2n) is 4.09. The Labute approximate surface area is 84.8 Å². The van der Waals surface area contributed by atoms with E-state index < -0.39 is 5.60 Å². The van der Waals surface area contributed by atoms with Gasteiger partial charge >= 0.3 is 0 Å². The molecule has 0 amide bonds. The summed E-state index contributed by atoms with van der Waals surface area (Å²) in [6.07, 6.45) is 4.10. The van der Waals surface area contributed by atoms with Gasteiger partial charge in [-0.05, 0) is 5.92 Å². The first-order chi connectivity index (χ1) is 6.49. The van der Waals surface area contributed by atoms with E-state index >= 15 is 0 Å². The van der Waals surface area contributed by atoms with Gasteiger partial charge in [0.15, 0.2) is 0 Å². The zero-order chi connectivity index (χ0) is 10.8. The van der Waals surface area contributed by atoms with Gasteiger partial charge in [-0.1, -0.05) is 13.8 Å². The van der Waals surface area contributed by atoms with Crippen molar-refractivity contribution in [2.45, 2.75) is 25.9 Å². The molecule has 0 bridgehead atoms. The Kier molecular flexibility index (Phi) is 3.29. The number of nitrogens with two attached hydrogens (primary N) is 1. The molecule has 80 valence electrons. The third-order valence-electron chi connectivity index (χ3n) is 2.81. The minimum absolute atomic E-state index is 0.129. The van der Waals surface area contributed by atoms with E-state index in [-0.39, 0.29) is 12.5 Å². The lowest BCUT2D eigenvalue weighted by Crippen LogP contribution is -2.45. The molecule has 0 aliphatic carbocycles. The van der Waals surface area contributed by atoms with Crippen LogP contribution in [-0.2, 0) is 13.5 Å². The maximum Gasteiger partial charge on any atom is 0.111 e. The van der Waals surface area contributed by atoms with Crippen molar-refractivity contribution in [1.29, 1.82) is 0 Å². The molecular weight excluding hydrogens is 178 g/mol. The van der Waals surface area contributed by atoms with Crippen molar-refractivity contribution in [3.8, 4) is 0 Å². The number of aryl methyl sites for hydroxylation is 1. The lowest BCUT2D eigenvalue weighted by molar-refractivity contribution is 0.00180. The van der Waals surface area contributed by atoms with Crippen LogP contribution in [0.4, 0.5) is 0 Å². The summed E-state index contributed by atoms with van der Waals surface area (Å²) in [5.74, 6) is 0.996. The van der Waals surface area contributed by atoms with Gasteiger partial charge in [0.25, 0.3) is 0 Å². The average Bonchev–Trinajstić information content (AvgIpc) is 2.51. The molecule has 1 rings (SSSR count). The number of rotatable bonds is 4. The maximum absolute atomic E-state index is 10.2. The molecule has 0 spiro atoms. The van der Waals surface area contributed by atoms with Crippen LogP contribution in [0.15, 0.2) is 12.4 Å². The number of nitrogens with zero attached hydrogens (tertiary/aromatic N) is 2. The summed E-state index contributed by atoms with van der Waals surface area (Å²) >= 11 is 0. The summed E-state index contributed by atoms with van der Waals surface area (Å²) in [5, 5.41) is 10.2. The fraction of sp³-hybridized carbons (Fsp3) is 0.700. The number of aliphatic hydroxyl groups is 1. The van der Waals surface area contributed by atoms with E-state index in [1.165, 1.54) is 0 Å². The Morgan fingerprint density at radius 3 is 2.64 bits per heavy atom. The van der Waals surface area contributed by atoms with Gasteiger partial charge in [-0.15, -0.1) is 0 Å². The van der Waals surface area contributed by atoms with Gasteiger partial charge < -0.3 is 15.4 Å². The first kappa shape index (κ1) is 11.2. The molecule has 1 aromatic rings. The molecule has 0 aliphatic heterocycles. The van der Waals surface area contributed by atoms with Crippen molar-refractivity contribution in [2.75, 3.05) is 6.54 Å². The first-order valence-electron chi connectivity index (χ1n) is 4.88. The second kappa shape index (κ2) is 4.11. The maximum atomic E-state index is 10.2. The number of hydrogen-bond donors (Lipinski definition) is 2. The summed E-state index contributed by atoms with van der Waals surface area (Å²) in [5.41, 5.74) is 4.74. The Hall–Kier alpha value is -0.870. The van der Waals surface area contributed by atoms with Crippen LogP contribution in [-0.4, -0.2) is 26.8 Å². The van der Waals surface area contributed by atoms with E-state index in [4.69, 9.17) is 5.73 Å². The third kappa shape index (κ3) is 2.13. The Morgan fingerprint density at radius 2 is 2.29 bits per heavy atom. The highest BCUT2D eigenvalue weighted by Gasteiger charge is 2.30. The molecular formula is C10H19N3O. The number of imidazole rings is 1. The molecule has 1 heterocycles. The van der Waals surface area contributed by atoms with E-state index in [0.717, 1.165) is 5.82 Å². The molecule has 0 aliphatic rings. The molecule has 1 aromatic heterocycles. The number of aromatic nitrogens is 2. The van der Waals surface area contributed by atoms with Crippen LogP contribution in [0.5, 0.6) is 0 Å². The van der Waals surface area contributed by atoms with Crippen molar-refractivity contribution in [3.05, 3.63) is 18.2 Å². The Morgan fingerprint density at radius 1 is 1.64 bits per heavy atom. The number of hydrogen-bond acceptors (Lipinski definition) is 3. The lowest BCUT2D eigenvalue weighted by atomic mass is 9.87. The van der Waals surface area contributed by atoms with Crippen LogP contribution in [0.25, 0.3) is 0 Å². The van der Waals surface area contributed by atoms with Crippen LogP contribution < -0.4 is 5.73 Å². The van der Waals surface area contributed by atoms with Gasteiger partial charge in [0, 0.05) is 32.4 Å². The van der Waals surface area contributed by atoms with E-state index in [1.54, 1.807) is 6.20 Å². The molecule has 14 heavy (non-hydrogen) atoms. The molecule has 4 heteroatoms. The Balaban J connectivity index is 2.80. The van der Waals surface area contributed by atoms with E-state index in [1.807, 2.05) is 31.7 Å². The largest absolute Gasteiger partial charge is 0.388 e. The van der Waals surface area contributed by atoms with Crippen molar-refractivity contribution in [2.24, 2.45) is 18.7 Å². The van der Waals surface area contributed by atoms with Gasteiger partial charge in [0.1, 0.15) is 5.82 Å². The van der Waals surface area contributed by atoms with Crippen molar-refractivity contribution in [1.82, 2.24) is 9.55 Å². The molecule has 4 nitrogen and oxygen atoms in total. The van der Waals surface area contributed by atoms with E-state index in [9.17, 15) is 5.11 Å². The molecule has 1 unspecified atom stereocenters. The molecule has 0 saturated carbocycles. The fourth-order valence-corrected chi connectivity index (χ4v) is 1.35. The van der Waals surface area contributed by atoms with E-state index in [2.05, 4.69) is 4.98 Å².